The Morgan fingerprint density at radius 3 is 2.50 bits per heavy atom. The third-order valence-corrected chi connectivity index (χ3v) is 4.61. The van der Waals surface area contributed by atoms with Crippen molar-refractivity contribution < 1.29 is 0 Å². The average molecular weight is 345 g/mol. The third-order valence-electron chi connectivity index (χ3n) is 4.00. The Balaban J connectivity index is 3.20. The number of aryl methyl sites for hydroxylation is 1. The van der Waals surface area contributed by atoms with Crippen molar-refractivity contribution in [3.63, 3.8) is 0 Å². The van der Waals surface area contributed by atoms with Crippen LogP contribution in [0.2, 0.25) is 0 Å². The van der Waals surface area contributed by atoms with E-state index in [1.165, 1.54) is 5.69 Å². The minimum Gasteiger partial charge on any atom is -0.307 e. The Morgan fingerprint density at radius 1 is 1.35 bits per heavy atom. The SMILES string of the molecule is CCCNC(c1c(Br)cnn1CCC)C(C)(C)N(C)C. The highest BCUT2D eigenvalue weighted by Crippen LogP contribution is 2.34. The van der Waals surface area contributed by atoms with Gasteiger partial charge in [0.15, 0.2) is 0 Å². The molecule has 0 aliphatic carbocycles. The van der Waals surface area contributed by atoms with Crippen LogP contribution in [0.3, 0.4) is 0 Å². The first-order valence-electron chi connectivity index (χ1n) is 7.48. The van der Waals surface area contributed by atoms with Gasteiger partial charge in [-0.15, -0.1) is 0 Å². The van der Waals surface area contributed by atoms with Crippen LogP contribution in [0.5, 0.6) is 0 Å². The molecule has 0 saturated heterocycles. The number of aromatic nitrogens is 2. The summed E-state index contributed by atoms with van der Waals surface area (Å²) in [6.45, 7) is 10.9. The van der Waals surface area contributed by atoms with E-state index in [9.17, 15) is 0 Å². The Bertz CT molecular complexity index is 412. The highest BCUT2D eigenvalue weighted by atomic mass is 79.9. The Labute approximate surface area is 132 Å². The van der Waals surface area contributed by atoms with Crippen molar-refractivity contribution >= 4 is 15.9 Å². The van der Waals surface area contributed by atoms with E-state index in [0.717, 1.165) is 30.4 Å². The summed E-state index contributed by atoms with van der Waals surface area (Å²) in [5, 5.41) is 8.22. The van der Waals surface area contributed by atoms with Gasteiger partial charge in [-0.1, -0.05) is 13.8 Å². The maximum absolute atomic E-state index is 4.52. The first-order valence-corrected chi connectivity index (χ1v) is 8.27. The monoisotopic (exact) mass is 344 g/mol. The van der Waals surface area contributed by atoms with Crippen molar-refractivity contribution in [1.29, 1.82) is 0 Å². The van der Waals surface area contributed by atoms with Gasteiger partial charge in [0.2, 0.25) is 0 Å². The van der Waals surface area contributed by atoms with E-state index < -0.39 is 0 Å². The molecule has 1 N–H and O–H groups in total. The van der Waals surface area contributed by atoms with E-state index in [1.54, 1.807) is 0 Å². The minimum absolute atomic E-state index is 0.00319. The van der Waals surface area contributed by atoms with Crippen LogP contribution >= 0.6 is 15.9 Å². The van der Waals surface area contributed by atoms with Crippen LogP contribution in [-0.2, 0) is 6.54 Å². The van der Waals surface area contributed by atoms with E-state index in [4.69, 9.17) is 0 Å². The van der Waals surface area contributed by atoms with Crippen LogP contribution < -0.4 is 5.32 Å². The largest absolute Gasteiger partial charge is 0.307 e. The molecule has 116 valence electrons. The zero-order valence-electron chi connectivity index (χ0n) is 13.7. The summed E-state index contributed by atoms with van der Waals surface area (Å²) in [7, 11) is 4.27. The highest BCUT2D eigenvalue weighted by molar-refractivity contribution is 9.10. The van der Waals surface area contributed by atoms with Gasteiger partial charge in [0, 0.05) is 12.1 Å². The van der Waals surface area contributed by atoms with E-state index in [0.29, 0.717) is 0 Å². The van der Waals surface area contributed by atoms with Crippen molar-refractivity contribution in [3.8, 4) is 0 Å². The molecular weight excluding hydrogens is 316 g/mol. The number of nitrogens with zero attached hydrogens (tertiary/aromatic N) is 3. The lowest BCUT2D eigenvalue weighted by molar-refractivity contribution is 0.132. The molecule has 0 amide bonds. The lowest BCUT2D eigenvalue weighted by Crippen LogP contribution is -2.50. The summed E-state index contributed by atoms with van der Waals surface area (Å²) in [5.41, 5.74) is 1.25. The summed E-state index contributed by atoms with van der Waals surface area (Å²) in [5.74, 6) is 0. The van der Waals surface area contributed by atoms with Crippen molar-refractivity contribution in [2.24, 2.45) is 0 Å². The van der Waals surface area contributed by atoms with Crippen molar-refractivity contribution in [2.75, 3.05) is 20.6 Å². The van der Waals surface area contributed by atoms with Crippen molar-refractivity contribution in [3.05, 3.63) is 16.4 Å². The maximum atomic E-state index is 4.52. The molecule has 5 heteroatoms. The van der Waals surface area contributed by atoms with Gasteiger partial charge in [-0.25, -0.2) is 0 Å². The highest BCUT2D eigenvalue weighted by Gasteiger charge is 2.35. The van der Waals surface area contributed by atoms with Crippen LogP contribution in [0, 0.1) is 0 Å². The standard InChI is InChI=1S/C15H29BrN4/c1-7-9-17-14(15(3,4)19(5)6)13-12(16)11-18-20(13)10-8-2/h11,14,17H,7-10H2,1-6H3. The minimum atomic E-state index is 0.00319. The van der Waals surface area contributed by atoms with Gasteiger partial charge in [-0.3, -0.25) is 4.68 Å². The molecule has 1 aromatic heterocycles. The first-order chi connectivity index (χ1) is 9.36. The van der Waals surface area contributed by atoms with Gasteiger partial charge in [-0.2, -0.15) is 5.10 Å². The summed E-state index contributed by atoms with van der Waals surface area (Å²) >= 11 is 3.68. The second-order valence-corrected chi connectivity index (χ2v) is 6.89. The van der Waals surface area contributed by atoms with Crippen LogP contribution in [0.1, 0.15) is 52.3 Å². The predicted octanol–water partition coefficient (Wildman–Crippen LogP) is 3.44. The summed E-state index contributed by atoms with van der Waals surface area (Å²) in [4.78, 5) is 2.27. The molecule has 1 rings (SSSR count). The quantitative estimate of drug-likeness (QED) is 0.784. The second kappa shape index (κ2) is 7.57. The zero-order chi connectivity index (χ0) is 15.3. The molecule has 0 fully saturated rings. The molecule has 0 spiro atoms. The van der Waals surface area contributed by atoms with Gasteiger partial charge in [0.1, 0.15) is 0 Å². The number of hydrogen-bond donors (Lipinski definition) is 1. The lowest BCUT2D eigenvalue weighted by Gasteiger charge is -2.41. The van der Waals surface area contributed by atoms with E-state index in [2.05, 4.69) is 77.7 Å². The maximum Gasteiger partial charge on any atom is 0.0714 e. The molecule has 1 heterocycles. The number of halogens is 1. The molecule has 0 saturated carbocycles. The number of likely N-dealkylation sites (N-methyl/N-ethyl adjacent to an activating group) is 1. The van der Waals surface area contributed by atoms with Crippen molar-refractivity contribution in [1.82, 2.24) is 20.0 Å². The molecule has 0 radical (unpaired) electrons. The fourth-order valence-corrected chi connectivity index (χ4v) is 2.80. The fourth-order valence-electron chi connectivity index (χ4n) is 2.28. The Morgan fingerprint density at radius 2 is 2.00 bits per heavy atom. The average Bonchev–Trinajstić information content (AvgIpc) is 2.72. The third kappa shape index (κ3) is 3.83. The Kier molecular flexibility index (Phi) is 6.69. The second-order valence-electron chi connectivity index (χ2n) is 6.04. The lowest BCUT2D eigenvalue weighted by atomic mass is 9.90. The Hall–Kier alpha value is -0.390. The number of rotatable bonds is 8. The molecule has 0 aromatic carbocycles. The predicted molar refractivity (Wildman–Crippen MR) is 89.0 cm³/mol. The molecule has 20 heavy (non-hydrogen) atoms. The van der Waals surface area contributed by atoms with E-state index >= 15 is 0 Å². The van der Waals surface area contributed by atoms with Gasteiger partial charge in [0.05, 0.1) is 22.4 Å². The first kappa shape index (κ1) is 17.7. The van der Waals surface area contributed by atoms with Crippen LogP contribution in [-0.4, -0.2) is 40.9 Å². The van der Waals surface area contributed by atoms with Crippen LogP contribution in [0.25, 0.3) is 0 Å². The van der Waals surface area contributed by atoms with Gasteiger partial charge in [0.25, 0.3) is 0 Å². The molecule has 1 unspecified atom stereocenters. The summed E-state index contributed by atoms with van der Waals surface area (Å²) in [6, 6.07) is 0.237. The molecule has 0 aliphatic rings. The topological polar surface area (TPSA) is 33.1 Å². The number of nitrogens with one attached hydrogen (secondary N) is 1. The molecule has 1 atom stereocenters. The van der Waals surface area contributed by atoms with Crippen LogP contribution in [0.15, 0.2) is 10.7 Å². The smallest absolute Gasteiger partial charge is 0.0714 e. The van der Waals surface area contributed by atoms with Gasteiger partial charge < -0.3 is 10.2 Å². The van der Waals surface area contributed by atoms with Crippen molar-refractivity contribution in [2.45, 2.75) is 58.7 Å². The van der Waals surface area contributed by atoms with Gasteiger partial charge >= 0.3 is 0 Å². The molecule has 0 bridgehead atoms. The number of hydrogen-bond acceptors (Lipinski definition) is 3. The molecular formula is C15H29BrN4. The molecule has 4 nitrogen and oxygen atoms in total. The van der Waals surface area contributed by atoms with E-state index in [1.807, 2.05) is 6.20 Å². The van der Waals surface area contributed by atoms with Crippen LogP contribution in [0.4, 0.5) is 0 Å². The summed E-state index contributed by atoms with van der Waals surface area (Å²) in [6.07, 6.45) is 4.13. The fraction of sp³-hybridized carbons (Fsp3) is 0.800. The van der Waals surface area contributed by atoms with E-state index in [-0.39, 0.29) is 11.6 Å². The zero-order valence-corrected chi connectivity index (χ0v) is 15.3. The normalized spacial score (nSPS) is 14.0. The molecule has 1 aromatic rings. The summed E-state index contributed by atoms with van der Waals surface area (Å²) < 4.78 is 3.22. The molecule has 0 aliphatic heterocycles. The van der Waals surface area contributed by atoms with Gasteiger partial charge in [-0.05, 0) is 63.3 Å².